The third-order valence-electron chi connectivity index (χ3n) is 4.65. The van der Waals surface area contributed by atoms with Crippen LogP contribution in [0.2, 0.25) is 10.0 Å². The van der Waals surface area contributed by atoms with E-state index >= 15 is 0 Å². The maximum absolute atomic E-state index is 13.3. The number of halogens is 3. The Morgan fingerprint density at radius 1 is 1.17 bits per heavy atom. The van der Waals surface area contributed by atoms with Crippen molar-refractivity contribution in [2.75, 3.05) is 0 Å². The van der Waals surface area contributed by atoms with Crippen LogP contribution in [-0.2, 0) is 13.0 Å². The molecular weight excluding hydrogens is 416 g/mol. The number of imidazole rings is 2. The molecule has 4 rings (SSSR count). The van der Waals surface area contributed by atoms with Crippen LogP contribution in [0, 0.1) is 5.95 Å². The molecule has 0 aliphatic heterocycles. The molecule has 0 aliphatic rings. The van der Waals surface area contributed by atoms with Crippen molar-refractivity contribution in [3.8, 4) is 0 Å². The summed E-state index contributed by atoms with van der Waals surface area (Å²) in [5, 5.41) is 1.12. The fourth-order valence-electron chi connectivity index (χ4n) is 3.37. The highest BCUT2D eigenvalue weighted by atomic mass is 35.5. The van der Waals surface area contributed by atoms with Gasteiger partial charge in [-0.05, 0) is 43.7 Å². The maximum atomic E-state index is 13.3. The van der Waals surface area contributed by atoms with Gasteiger partial charge >= 0.3 is 5.69 Å². The van der Waals surface area contributed by atoms with Crippen molar-refractivity contribution < 1.29 is 4.39 Å². The lowest BCUT2D eigenvalue weighted by Crippen LogP contribution is -2.27. The number of aromatic nitrogens is 5. The summed E-state index contributed by atoms with van der Waals surface area (Å²) in [6.07, 6.45) is 2.29. The first kappa shape index (κ1) is 19.7. The second kappa shape index (κ2) is 7.65. The molecule has 0 fully saturated rings. The van der Waals surface area contributed by atoms with Crippen molar-refractivity contribution in [2.45, 2.75) is 32.9 Å². The molecule has 0 unspecified atom stereocenters. The number of hydrogen-bond donors (Lipinski definition) is 1. The molecule has 0 bridgehead atoms. The van der Waals surface area contributed by atoms with Crippen LogP contribution in [0.25, 0.3) is 11.2 Å². The van der Waals surface area contributed by atoms with Crippen molar-refractivity contribution in [3.63, 3.8) is 0 Å². The molecule has 9 heteroatoms. The average Bonchev–Trinajstić information content (AvgIpc) is 3.17. The molecule has 0 radical (unpaired) electrons. The SMILES string of the molecule is CC(C)n1c(Cc2ccc(Cl)cc2Cl)cn(Cc2nc3nc(F)ccc3[nH]2)c1=O. The molecule has 1 N–H and O–H groups in total. The largest absolute Gasteiger partial charge is 0.339 e. The lowest BCUT2D eigenvalue weighted by Gasteiger charge is -2.11. The molecule has 6 nitrogen and oxygen atoms in total. The zero-order valence-electron chi connectivity index (χ0n) is 15.8. The van der Waals surface area contributed by atoms with Gasteiger partial charge in [0.25, 0.3) is 0 Å². The number of nitrogens with zero attached hydrogens (tertiary/aromatic N) is 4. The molecule has 0 amide bonds. The normalized spacial score (nSPS) is 11.7. The first-order chi connectivity index (χ1) is 13.8. The van der Waals surface area contributed by atoms with Crippen LogP contribution in [0.5, 0.6) is 0 Å². The fourth-order valence-corrected chi connectivity index (χ4v) is 3.85. The molecule has 150 valence electrons. The number of H-pyrrole nitrogens is 1. The van der Waals surface area contributed by atoms with Crippen LogP contribution in [0.15, 0.2) is 41.3 Å². The summed E-state index contributed by atoms with van der Waals surface area (Å²) in [4.78, 5) is 24.1. The van der Waals surface area contributed by atoms with E-state index in [9.17, 15) is 9.18 Å². The molecule has 0 spiro atoms. The van der Waals surface area contributed by atoms with Crippen molar-refractivity contribution in [2.24, 2.45) is 0 Å². The number of fused-ring (bicyclic) bond motifs is 1. The van der Waals surface area contributed by atoms with Crippen LogP contribution < -0.4 is 5.69 Å². The van der Waals surface area contributed by atoms with E-state index in [1.54, 1.807) is 33.5 Å². The Kier molecular flexibility index (Phi) is 5.19. The summed E-state index contributed by atoms with van der Waals surface area (Å²) < 4.78 is 16.6. The highest BCUT2D eigenvalue weighted by molar-refractivity contribution is 6.35. The fraction of sp³-hybridized carbons (Fsp3) is 0.250. The number of benzene rings is 1. The summed E-state index contributed by atoms with van der Waals surface area (Å²) in [5.41, 5.74) is 2.45. The van der Waals surface area contributed by atoms with Crippen molar-refractivity contribution in [1.82, 2.24) is 24.1 Å². The van der Waals surface area contributed by atoms with E-state index < -0.39 is 5.95 Å². The third kappa shape index (κ3) is 3.93. The monoisotopic (exact) mass is 433 g/mol. The Bertz CT molecular complexity index is 1260. The highest BCUT2D eigenvalue weighted by Gasteiger charge is 2.17. The van der Waals surface area contributed by atoms with E-state index in [1.165, 1.54) is 6.07 Å². The zero-order valence-corrected chi connectivity index (χ0v) is 17.3. The quantitative estimate of drug-likeness (QED) is 0.468. The van der Waals surface area contributed by atoms with Crippen LogP contribution in [0.3, 0.4) is 0 Å². The maximum Gasteiger partial charge on any atom is 0.329 e. The third-order valence-corrected chi connectivity index (χ3v) is 5.24. The van der Waals surface area contributed by atoms with Gasteiger partial charge in [0, 0.05) is 34.4 Å². The summed E-state index contributed by atoms with van der Waals surface area (Å²) in [5.74, 6) is -0.0713. The van der Waals surface area contributed by atoms with Gasteiger partial charge in [0.1, 0.15) is 5.82 Å². The number of pyridine rings is 1. The van der Waals surface area contributed by atoms with Gasteiger partial charge in [0.15, 0.2) is 5.65 Å². The van der Waals surface area contributed by atoms with Gasteiger partial charge in [-0.15, -0.1) is 0 Å². The molecule has 29 heavy (non-hydrogen) atoms. The van der Waals surface area contributed by atoms with E-state index in [0.717, 1.165) is 11.3 Å². The van der Waals surface area contributed by atoms with Gasteiger partial charge in [-0.3, -0.25) is 9.13 Å². The van der Waals surface area contributed by atoms with Gasteiger partial charge in [-0.2, -0.15) is 9.37 Å². The first-order valence-electron chi connectivity index (χ1n) is 9.07. The minimum absolute atomic E-state index is 0.0312. The van der Waals surface area contributed by atoms with Gasteiger partial charge in [0.05, 0.1) is 12.1 Å². The molecular formula is C20H18Cl2FN5O. The van der Waals surface area contributed by atoms with E-state index in [1.807, 2.05) is 19.9 Å². The lowest BCUT2D eigenvalue weighted by molar-refractivity contribution is 0.544. The van der Waals surface area contributed by atoms with Crippen molar-refractivity contribution in [1.29, 1.82) is 0 Å². The standard InChI is InChI=1S/C20H18Cl2FN5O/c1-11(2)28-14(7-12-3-4-13(21)8-15(12)22)9-27(20(28)29)10-18-24-16-5-6-17(23)25-19(16)26-18/h3-6,8-9,11H,7,10H2,1-2H3,(H,24,25,26). The Balaban J connectivity index is 1.70. The Labute approximate surface area is 175 Å². The second-order valence-corrected chi connectivity index (χ2v) is 7.94. The second-order valence-electron chi connectivity index (χ2n) is 7.10. The van der Waals surface area contributed by atoms with Crippen LogP contribution in [0.1, 0.15) is 37.0 Å². The molecule has 3 heterocycles. The average molecular weight is 434 g/mol. The number of hydrogen-bond acceptors (Lipinski definition) is 3. The predicted molar refractivity (Wildman–Crippen MR) is 111 cm³/mol. The molecule has 3 aromatic heterocycles. The van der Waals surface area contributed by atoms with Crippen molar-refractivity contribution >= 4 is 34.4 Å². The summed E-state index contributed by atoms with van der Waals surface area (Å²) in [6, 6.07) is 8.13. The zero-order chi connectivity index (χ0) is 20.7. The molecule has 0 saturated heterocycles. The van der Waals surface area contributed by atoms with Crippen molar-refractivity contribution in [3.05, 3.63) is 80.1 Å². The summed E-state index contributed by atoms with van der Waals surface area (Å²) in [7, 11) is 0. The minimum Gasteiger partial charge on any atom is -0.339 e. The number of aromatic amines is 1. The molecule has 0 atom stereocenters. The Morgan fingerprint density at radius 2 is 1.97 bits per heavy atom. The van der Waals surface area contributed by atoms with E-state index in [0.29, 0.717) is 27.8 Å². The molecule has 1 aromatic carbocycles. The Hall–Kier alpha value is -2.64. The predicted octanol–water partition coefficient (Wildman–Crippen LogP) is 4.59. The number of rotatable bonds is 5. The van der Waals surface area contributed by atoms with Gasteiger partial charge in [0.2, 0.25) is 5.95 Å². The molecule has 0 saturated carbocycles. The molecule has 0 aliphatic carbocycles. The van der Waals surface area contributed by atoms with E-state index in [-0.39, 0.29) is 23.9 Å². The van der Waals surface area contributed by atoms with Gasteiger partial charge in [-0.25, -0.2) is 9.78 Å². The minimum atomic E-state index is -0.596. The Morgan fingerprint density at radius 3 is 2.69 bits per heavy atom. The summed E-state index contributed by atoms with van der Waals surface area (Å²) >= 11 is 12.3. The highest BCUT2D eigenvalue weighted by Crippen LogP contribution is 2.24. The van der Waals surface area contributed by atoms with Crippen LogP contribution in [-0.4, -0.2) is 24.1 Å². The lowest BCUT2D eigenvalue weighted by atomic mass is 10.1. The number of nitrogens with one attached hydrogen (secondary N) is 1. The summed E-state index contributed by atoms with van der Waals surface area (Å²) in [6.45, 7) is 4.12. The topological polar surface area (TPSA) is 68.5 Å². The van der Waals surface area contributed by atoms with E-state index in [2.05, 4.69) is 15.0 Å². The molecule has 4 aromatic rings. The van der Waals surface area contributed by atoms with E-state index in [4.69, 9.17) is 23.2 Å². The van der Waals surface area contributed by atoms with Gasteiger partial charge < -0.3 is 4.98 Å². The van der Waals surface area contributed by atoms with Crippen LogP contribution >= 0.6 is 23.2 Å². The first-order valence-corrected chi connectivity index (χ1v) is 9.83. The van der Waals surface area contributed by atoms with Gasteiger partial charge in [-0.1, -0.05) is 29.3 Å². The smallest absolute Gasteiger partial charge is 0.329 e. The van der Waals surface area contributed by atoms with Crippen LogP contribution in [0.4, 0.5) is 4.39 Å².